The van der Waals surface area contributed by atoms with Crippen molar-refractivity contribution >= 4 is 17.7 Å². The van der Waals surface area contributed by atoms with Crippen LogP contribution < -0.4 is 16.4 Å². The molecule has 4 nitrogen and oxygen atoms in total. The minimum Gasteiger partial charge on any atom is -0.385 e. The lowest BCUT2D eigenvalue weighted by Crippen LogP contribution is -2.17. The molecule has 2 rings (SSSR count). The summed E-state index contributed by atoms with van der Waals surface area (Å²) < 4.78 is 0. The molecule has 50 valence electrons. The molecular weight excluding hydrogens is 128 g/mol. The van der Waals surface area contributed by atoms with Gasteiger partial charge in [0.05, 0.1) is 10.7 Å². The van der Waals surface area contributed by atoms with E-state index in [1.54, 1.807) is 12.1 Å². The van der Waals surface area contributed by atoms with Crippen LogP contribution in [0.5, 0.6) is 0 Å². The number of nitrogens with zero attached hydrogens (tertiary/aromatic N) is 1. The number of fused-ring (bicyclic) bond motifs is 1. The highest BCUT2D eigenvalue weighted by atomic mass is 14.9. The third-order valence-corrected chi connectivity index (χ3v) is 1.37. The molecule has 0 spiro atoms. The maximum Gasteiger partial charge on any atom is 0.147 e. The number of hydrogen-bond acceptors (Lipinski definition) is 2. The van der Waals surface area contributed by atoms with Crippen molar-refractivity contribution in [2.45, 2.75) is 0 Å². The van der Waals surface area contributed by atoms with Gasteiger partial charge in [0, 0.05) is 12.1 Å². The lowest BCUT2D eigenvalue weighted by atomic mass is 10.5. The Hall–Kier alpha value is -1.58. The molecule has 0 unspecified atom stereocenters. The summed E-state index contributed by atoms with van der Waals surface area (Å²) in [6, 6.07) is 1.72. The number of aromatic amines is 1. The normalized spacial score (nSPS) is 14.2. The Morgan fingerprint density at radius 2 is 2.40 bits per heavy atom. The third kappa shape index (κ3) is 0.556. The van der Waals surface area contributed by atoms with Crippen molar-refractivity contribution < 1.29 is 0 Å². The van der Waals surface area contributed by atoms with E-state index in [1.807, 2.05) is 0 Å². The maximum absolute atomic E-state index is 7.14. The molecule has 1 aliphatic heterocycles. The lowest BCUT2D eigenvalue weighted by molar-refractivity contribution is 1.31. The summed E-state index contributed by atoms with van der Waals surface area (Å²) in [5.74, 6) is 0.874. The lowest BCUT2D eigenvalue weighted by Gasteiger charge is -1.78. The summed E-state index contributed by atoms with van der Waals surface area (Å²) in [5, 5.41) is 8.74. The van der Waals surface area contributed by atoms with Crippen molar-refractivity contribution in [3.63, 3.8) is 0 Å². The Morgan fingerprint density at radius 1 is 1.60 bits per heavy atom. The number of aromatic nitrogens is 1. The largest absolute Gasteiger partial charge is 0.385 e. The predicted molar refractivity (Wildman–Crippen MR) is 38.2 cm³/mol. The van der Waals surface area contributed by atoms with Crippen LogP contribution in [-0.2, 0) is 0 Å². The minimum absolute atomic E-state index is 0.279. The molecule has 0 amide bonds. The Balaban J connectivity index is 2.90. The van der Waals surface area contributed by atoms with Crippen LogP contribution in [0.2, 0.25) is 0 Å². The van der Waals surface area contributed by atoms with E-state index in [0.29, 0.717) is 5.82 Å². The van der Waals surface area contributed by atoms with Crippen LogP contribution >= 0.6 is 0 Å². The van der Waals surface area contributed by atoms with E-state index in [-0.39, 0.29) is 5.84 Å². The molecule has 1 aromatic heterocycles. The van der Waals surface area contributed by atoms with Crippen LogP contribution in [-0.4, -0.2) is 10.8 Å². The number of hydrogen-bond donors (Lipinski definition) is 3. The fraction of sp³-hybridized carbons (Fsp3) is 0. The SMILES string of the molecule is N=C1C=c2[nH]c(N)cc2=N1. The van der Waals surface area contributed by atoms with Crippen LogP contribution in [0.25, 0.3) is 6.08 Å². The summed E-state index contributed by atoms with van der Waals surface area (Å²) in [7, 11) is 0. The molecule has 4 N–H and O–H groups in total. The van der Waals surface area contributed by atoms with Crippen LogP contribution in [0, 0.1) is 5.41 Å². The number of H-pyrrole nitrogens is 1. The maximum atomic E-state index is 7.14. The summed E-state index contributed by atoms with van der Waals surface area (Å²) >= 11 is 0. The Kier molecular flexibility index (Phi) is 0.768. The van der Waals surface area contributed by atoms with Gasteiger partial charge < -0.3 is 10.7 Å². The highest BCUT2D eigenvalue weighted by molar-refractivity contribution is 6.08. The Bertz CT molecular complexity index is 362. The third-order valence-electron chi connectivity index (χ3n) is 1.37. The second-order valence-electron chi connectivity index (χ2n) is 2.16. The molecule has 0 saturated heterocycles. The molecule has 0 fully saturated rings. The van der Waals surface area contributed by atoms with Crippen molar-refractivity contribution in [1.29, 1.82) is 5.41 Å². The van der Waals surface area contributed by atoms with Crippen molar-refractivity contribution in [2.75, 3.05) is 5.73 Å². The summed E-state index contributed by atoms with van der Waals surface area (Å²) in [6.07, 6.45) is 1.64. The van der Waals surface area contributed by atoms with Gasteiger partial charge in [-0.3, -0.25) is 5.41 Å². The zero-order valence-corrected chi connectivity index (χ0v) is 5.18. The average molecular weight is 134 g/mol. The number of amidine groups is 1. The van der Waals surface area contributed by atoms with E-state index in [0.717, 1.165) is 10.7 Å². The molecule has 0 aliphatic carbocycles. The van der Waals surface area contributed by atoms with Gasteiger partial charge in [-0.1, -0.05) is 0 Å². The Labute approximate surface area is 56.6 Å². The van der Waals surface area contributed by atoms with E-state index in [4.69, 9.17) is 11.1 Å². The first-order valence-electron chi connectivity index (χ1n) is 2.89. The van der Waals surface area contributed by atoms with Crippen LogP contribution in [0.15, 0.2) is 11.1 Å². The number of nitrogens with one attached hydrogen (secondary N) is 2. The number of nitrogen functional groups attached to an aromatic ring is 1. The van der Waals surface area contributed by atoms with Gasteiger partial charge in [-0.05, 0) is 0 Å². The first kappa shape index (κ1) is 5.22. The van der Waals surface area contributed by atoms with Crippen molar-refractivity contribution in [3.05, 3.63) is 16.8 Å². The van der Waals surface area contributed by atoms with Gasteiger partial charge in [0.1, 0.15) is 11.7 Å². The zero-order valence-electron chi connectivity index (χ0n) is 5.18. The van der Waals surface area contributed by atoms with Crippen LogP contribution in [0.3, 0.4) is 0 Å². The second kappa shape index (κ2) is 1.47. The van der Waals surface area contributed by atoms with Crippen molar-refractivity contribution in [3.8, 4) is 0 Å². The number of anilines is 1. The van der Waals surface area contributed by atoms with Crippen molar-refractivity contribution in [1.82, 2.24) is 4.98 Å². The van der Waals surface area contributed by atoms with E-state index < -0.39 is 0 Å². The smallest absolute Gasteiger partial charge is 0.147 e. The van der Waals surface area contributed by atoms with E-state index in [9.17, 15) is 0 Å². The molecule has 0 saturated carbocycles. The molecule has 2 heterocycles. The first-order valence-corrected chi connectivity index (χ1v) is 2.89. The van der Waals surface area contributed by atoms with Gasteiger partial charge in [-0.15, -0.1) is 0 Å². The monoisotopic (exact) mass is 134 g/mol. The highest BCUT2D eigenvalue weighted by Crippen LogP contribution is 1.88. The van der Waals surface area contributed by atoms with E-state index in [1.165, 1.54) is 0 Å². The molecule has 10 heavy (non-hydrogen) atoms. The molecule has 0 aromatic carbocycles. The van der Waals surface area contributed by atoms with E-state index >= 15 is 0 Å². The molecule has 0 atom stereocenters. The highest BCUT2D eigenvalue weighted by Gasteiger charge is 2.01. The average Bonchev–Trinajstić information content (AvgIpc) is 2.21. The van der Waals surface area contributed by atoms with Gasteiger partial charge in [0.25, 0.3) is 0 Å². The quantitative estimate of drug-likeness (QED) is 0.417. The van der Waals surface area contributed by atoms with Gasteiger partial charge >= 0.3 is 0 Å². The van der Waals surface area contributed by atoms with Crippen LogP contribution in [0.4, 0.5) is 5.82 Å². The van der Waals surface area contributed by atoms with Gasteiger partial charge in [0.15, 0.2) is 0 Å². The van der Waals surface area contributed by atoms with Gasteiger partial charge in [-0.2, -0.15) is 0 Å². The fourth-order valence-electron chi connectivity index (χ4n) is 0.982. The van der Waals surface area contributed by atoms with Gasteiger partial charge in [-0.25, -0.2) is 4.99 Å². The molecule has 1 aliphatic rings. The molecular formula is C6H6N4. The minimum atomic E-state index is 0.279. The molecule has 0 bridgehead atoms. The zero-order chi connectivity index (χ0) is 7.14. The fourth-order valence-corrected chi connectivity index (χ4v) is 0.982. The predicted octanol–water partition coefficient (Wildman–Crippen LogP) is -1.01. The molecule has 4 heteroatoms. The molecule has 1 aromatic rings. The second-order valence-corrected chi connectivity index (χ2v) is 2.16. The standard InChI is InChI=1S/C6H6N4/c7-5-1-3-4(10-5)2-6(8)9-3/h1-2,7,9H,8H2. The van der Waals surface area contributed by atoms with Crippen molar-refractivity contribution in [2.24, 2.45) is 4.99 Å². The van der Waals surface area contributed by atoms with Gasteiger partial charge in [0.2, 0.25) is 0 Å². The molecule has 0 radical (unpaired) electrons. The summed E-state index contributed by atoms with van der Waals surface area (Å²) in [5.41, 5.74) is 5.43. The topological polar surface area (TPSA) is 78.0 Å². The van der Waals surface area contributed by atoms with Crippen LogP contribution in [0.1, 0.15) is 0 Å². The summed E-state index contributed by atoms with van der Waals surface area (Å²) in [4.78, 5) is 6.76. The number of rotatable bonds is 0. The Morgan fingerprint density at radius 3 is 3.10 bits per heavy atom. The number of nitrogens with two attached hydrogens (primary N) is 1. The first-order chi connectivity index (χ1) is 4.75. The van der Waals surface area contributed by atoms with E-state index in [2.05, 4.69) is 9.98 Å². The summed E-state index contributed by atoms with van der Waals surface area (Å²) in [6.45, 7) is 0.